The Bertz CT molecular complexity index is 1690. The van der Waals surface area contributed by atoms with Crippen molar-refractivity contribution in [1.82, 2.24) is 20.4 Å². The highest BCUT2D eigenvalue weighted by Crippen LogP contribution is 2.52. The molecule has 2 fully saturated rings. The van der Waals surface area contributed by atoms with Crippen molar-refractivity contribution in [2.75, 3.05) is 13.2 Å². The Morgan fingerprint density at radius 2 is 1.84 bits per heavy atom. The second-order valence-electron chi connectivity index (χ2n) is 15.1. The van der Waals surface area contributed by atoms with Crippen LogP contribution < -0.4 is 10.6 Å². The average molecular weight is 687 g/mol. The Kier molecular flexibility index (Phi) is 9.33. The van der Waals surface area contributed by atoms with Crippen LogP contribution in [0.25, 0.3) is 0 Å². The lowest BCUT2D eigenvalue weighted by Gasteiger charge is -2.40. The van der Waals surface area contributed by atoms with Gasteiger partial charge in [-0.1, -0.05) is 82.4 Å². The number of carbonyl (C=O) groups excluding carboxylic acids is 5. The number of fused-ring (bicyclic) bond motifs is 3. The summed E-state index contributed by atoms with van der Waals surface area (Å²) < 4.78 is 11.5. The number of hydrogen-bond donors (Lipinski definition) is 3. The lowest BCUT2D eigenvalue weighted by Crippen LogP contribution is -2.63. The van der Waals surface area contributed by atoms with Gasteiger partial charge in [0.1, 0.15) is 23.7 Å². The van der Waals surface area contributed by atoms with Gasteiger partial charge in [-0.15, -0.1) is 6.58 Å². The molecule has 3 aliphatic heterocycles. The fraction of sp³-hybridized carbons (Fsp3) is 0.553. The average Bonchev–Trinajstić information content (AvgIpc) is 3.41. The minimum absolute atomic E-state index is 0.0384. The van der Waals surface area contributed by atoms with Crippen LogP contribution in [0.4, 0.5) is 9.59 Å². The lowest BCUT2D eigenvalue weighted by atomic mass is 9.72. The van der Waals surface area contributed by atoms with E-state index >= 15 is 0 Å². The number of Topliss-reactive ketones (excluding diaryl/α,β-unsaturated/α-hetero) is 1. The molecule has 12 nitrogen and oxygen atoms in total. The number of amides is 4. The second-order valence-corrected chi connectivity index (χ2v) is 15.1. The molecule has 4 amide bonds. The first-order valence-electron chi connectivity index (χ1n) is 17.4. The summed E-state index contributed by atoms with van der Waals surface area (Å²) in [7, 11) is 0. The number of carbonyl (C=O) groups is 5. The Morgan fingerprint density at radius 3 is 2.50 bits per heavy atom. The van der Waals surface area contributed by atoms with Crippen molar-refractivity contribution in [3.05, 3.63) is 60.2 Å². The predicted octanol–water partition coefficient (Wildman–Crippen LogP) is 3.16. The summed E-state index contributed by atoms with van der Waals surface area (Å²) in [6.45, 7) is 13.6. The van der Waals surface area contributed by atoms with Gasteiger partial charge in [0.15, 0.2) is 11.4 Å². The molecule has 1 aromatic rings. The van der Waals surface area contributed by atoms with Crippen molar-refractivity contribution in [1.29, 1.82) is 0 Å². The molecule has 3 heterocycles. The standard InChI is InChI=1S/C38H46N4O8/c1-6-25-16-17-37(25,29-31(43)38(29,48)7-2)40-32(44)28-19-26-21-42(28)33(45)30(36(3,4)5)39-34(46)49-18-11-9-8-10-13-23-14-12-15-24-20-41(22-27(23)24)35(47)50-26/h6-7,12,14-15,25-26,28-30,48H,1-2,8-11,13,18-22H2,3-5H3,(H,39,46)(H,40,44)/t25-,26-,28+,29?,30-,37-,38?/m1/s1. The van der Waals surface area contributed by atoms with E-state index < -0.39 is 76.4 Å². The number of hydrogen-bond acceptors (Lipinski definition) is 8. The molecule has 2 unspecified atom stereocenters. The van der Waals surface area contributed by atoms with E-state index in [0.29, 0.717) is 19.5 Å². The summed E-state index contributed by atoms with van der Waals surface area (Å²) >= 11 is 0. The zero-order valence-corrected chi connectivity index (χ0v) is 29.0. The van der Waals surface area contributed by atoms with Crippen molar-refractivity contribution < 1.29 is 38.6 Å². The number of benzene rings is 1. The smallest absolute Gasteiger partial charge is 0.410 e. The summed E-state index contributed by atoms with van der Waals surface area (Å²) in [4.78, 5) is 71.0. The molecule has 0 radical (unpaired) electrons. The topological polar surface area (TPSA) is 155 Å². The summed E-state index contributed by atoms with van der Waals surface area (Å²) in [5.74, 6) is 2.33. The molecule has 1 saturated carbocycles. The number of aliphatic hydroxyl groups is 1. The number of aryl methyl sites for hydroxylation is 1. The highest BCUT2D eigenvalue weighted by Gasteiger charge is 2.74. The molecule has 6 rings (SSSR count). The number of alkyl carbamates (subject to hydrolysis) is 1. The largest absolute Gasteiger partial charge is 0.450 e. The number of cyclic esters (lactones) is 1. The van der Waals surface area contributed by atoms with Crippen molar-refractivity contribution in [2.24, 2.45) is 17.3 Å². The van der Waals surface area contributed by atoms with E-state index in [2.05, 4.69) is 41.7 Å². The van der Waals surface area contributed by atoms with E-state index in [-0.39, 0.29) is 19.6 Å². The maximum Gasteiger partial charge on any atom is 0.410 e. The monoisotopic (exact) mass is 686 g/mol. The maximum absolute atomic E-state index is 14.4. The van der Waals surface area contributed by atoms with Crippen LogP contribution in [-0.2, 0) is 43.4 Å². The fourth-order valence-corrected chi connectivity index (χ4v) is 7.71. The van der Waals surface area contributed by atoms with Gasteiger partial charge >= 0.3 is 12.2 Å². The molecule has 1 aromatic carbocycles. The molecular formula is C38H46N4O8. The van der Waals surface area contributed by atoms with Crippen LogP contribution in [0.15, 0.2) is 43.5 Å². The minimum atomic E-state index is -1.86. The first-order chi connectivity index (χ1) is 23.7. The molecule has 4 bridgehead atoms. The molecular weight excluding hydrogens is 640 g/mol. The van der Waals surface area contributed by atoms with Crippen molar-refractivity contribution in [3.8, 4) is 11.8 Å². The Balaban J connectivity index is 1.29. The first kappa shape index (κ1) is 35.2. The maximum atomic E-state index is 14.4. The van der Waals surface area contributed by atoms with Gasteiger partial charge in [-0.2, -0.15) is 0 Å². The highest BCUT2D eigenvalue weighted by molar-refractivity contribution is 6.11. The highest BCUT2D eigenvalue weighted by atomic mass is 16.6. The van der Waals surface area contributed by atoms with Gasteiger partial charge in [-0.05, 0) is 41.4 Å². The third-order valence-electron chi connectivity index (χ3n) is 10.7. The quantitative estimate of drug-likeness (QED) is 0.316. The number of rotatable bonds is 5. The molecule has 2 aliphatic carbocycles. The lowest BCUT2D eigenvalue weighted by molar-refractivity contribution is -0.142. The summed E-state index contributed by atoms with van der Waals surface area (Å²) in [5.41, 5.74) is -0.747. The fourth-order valence-electron chi connectivity index (χ4n) is 7.71. The van der Waals surface area contributed by atoms with E-state index in [0.717, 1.165) is 42.9 Å². The zero-order valence-electron chi connectivity index (χ0n) is 29.0. The Hall–Kier alpha value is -4.63. The van der Waals surface area contributed by atoms with Crippen LogP contribution in [-0.4, -0.2) is 87.2 Å². The Morgan fingerprint density at radius 1 is 1.10 bits per heavy atom. The second kappa shape index (κ2) is 13.2. The molecule has 0 aromatic heterocycles. The van der Waals surface area contributed by atoms with Crippen molar-refractivity contribution in [2.45, 2.75) is 102 Å². The van der Waals surface area contributed by atoms with E-state index in [4.69, 9.17) is 9.47 Å². The van der Waals surface area contributed by atoms with Crippen LogP contribution in [0.1, 0.15) is 69.6 Å². The SMILES string of the molecule is C=C[C@@H]1C#C[C@]1(NC(=O)[C@@H]1C[C@@H]2CN1C(=O)[C@H](C(C)(C)C)NC(=O)OCCCCCCc1cccc3c1CN(C3)C(=O)O2)C1C(=O)C1(O)C=C. The molecule has 266 valence electrons. The molecule has 50 heavy (non-hydrogen) atoms. The van der Waals surface area contributed by atoms with E-state index in [1.165, 1.54) is 16.5 Å². The van der Waals surface area contributed by atoms with Crippen LogP contribution in [0.5, 0.6) is 0 Å². The van der Waals surface area contributed by atoms with Crippen LogP contribution in [0.3, 0.4) is 0 Å². The van der Waals surface area contributed by atoms with E-state index in [9.17, 15) is 29.1 Å². The Labute approximate surface area is 292 Å². The van der Waals surface area contributed by atoms with Gasteiger partial charge in [0.25, 0.3) is 0 Å². The summed E-state index contributed by atoms with van der Waals surface area (Å²) in [6.07, 6.45) is 4.76. The number of ketones is 1. The molecule has 12 heteroatoms. The number of ether oxygens (including phenoxy) is 2. The van der Waals surface area contributed by atoms with Gasteiger partial charge < -0.3 is 30.1 Å². The third-order valence-corrected chi connectivity index (χ3v) is 10.7. The third kappa shape index (κ3) is 6.28. The van der Waals surface area contributed by atoms with Crippen molar-refractivity contribution in [3.63, 3.8) is 0 Å². The van der Waals surface area contributed by atoms with Crippen molar-refractivity contribution >= 4 is 29.8 Å². The van der Waals surface area contributed by atoms with Gasteiger partial charge in [-0.3, -0.25) is 19.3 Å². The molecule has 3 N–H and O–H groups in total. The zero-order chi connectivity index (χ0) is 36.0. The molecule has 7 atom stereocenters. The summed E-state index contributed by atoms with van der Waals surface area (Å²) in [6, 6.07) is 3.85. The number of nitrogens with one attached hydrogen (secondary N) is 2. The minimum Gasteiger partial charge on any atom is -0.450 e. The number of nitrogens with zero attached hydrogens (tertiary/aromatic N) is 2. The van der Waals surface area contributed by atoms with Gasteiger partial charge in [0.2, 0.25) is 11.8 Å². The van der Waals surface area contributed by atoms with Crippen LogP contribution in [0.2, 0.25) is 0 Å². The summed E-state index contributed by atoms with van der Waals surface area (Å²) in [5, 5.41) is 16.5. The van der Waals surface area contributed by atoms with Gasteiger partial charge in [-0.25, -0.2) is 9.59 Å². The predicted molar refractivity (Wildman–Crippen MR) is 182 cm³/mol. The normalized spacial score (nSPS) is 32.8. The molecule has 1 saturated heterocycles. The van der Waals surface area contributed by atoms with Crippen LogP contribution in [0, 0.1) is 29.1 Å². The molecule has 5 aliphatic rings. The first-order valence-corrected chi connectivity index (χ1v) is 17.4. The van der Waals surface area contributed by atoms with Gasteiger partial charge in [0, 0.05) is 19.5 Å². The van der Waals surface area contributed by atoms with E-state index in [1.807, 2.05) is 12.1 Å². The molecule has 0 spiro atoms. The van der Waals surface area contributed by atoms with E-state index in [1.54, 1.807) is 25.7 Å². The van der Waals surface area contributed by atoms with Gasteiger partial charge in [0.05, 0.1) is 25.0 Å². The van der Waals surface area contributed by atoms with Crippen LogP contribution >= 0.6 is 0 Å².